The summed E-state index contributed by atoms with van der Waals surface area (Å²) in [6.07, 6.45) is 0. The number of pyridine rings is 1. The summed E-state index contributed by atoms with van der Waals surface area (Å²) in [5.41, 5.74) is 3.99. The molecule has 0 radical (unpaired) electrons. The third-order valence-corrected chi connectivity index (χ3v) is 5.45. The standard InChI is InChI=1S/C14H11BrN.2ClH.Zr/c1-8-5-10-7-13-11(3-4-14(15)16-13)9(2)12(10)6-8;;;/h3-4,6-7,16H,1-2H3;2*1H;/q;;;+2/p-2. The van der Waals surface area contributed by atoms with Gasteiger partial charge in [0.05, 0.1) is 0 Å². The van der Waals surface area contributed by atoms with Crippen LogP contribution in [0.1, 0.15) is 11.1 Å². The Hall–Kier alpha value is 0.183. The molecule has 0 saturated carbocycles. The van der Waals surface area contributed by atoms with Crippen molar-refractivity contribution in [3.05, 3.63) is 40.0 Å². The Morgan fingerprint density at radius 2 is 1.68 bits per heavy atom. The van der Waals surface area contributed by atoms with Gasteiger partial charge in [-0.1, -0.05) is 0 Å². The zero-order valence-electron chi connectivity index (χ0n) is 10.4. The molecule has 0 atom stereocenters. The van der Waals surface area contributed by atoms with E-state index in [-0.39, 0.29) is 24.8 Å². The van der Waals surface area contributed by atoms with Gasteiger partial charge >= 0.3 is 124 Å². The molecule has 2 aromatic carbocycles. The van der Waals surface area contributed by atoms with Gasteiger partial charge in [0.25, 0.3) is 0 Å². The number of halogens is 3. The summed E-state index contributed by atoms with van der Waals surface area (Å²) in [7, 11) is 0. The van der Waals surface area contributed by atoms with E-state index >= 15 is 0 Å². The molecule has 1 N–H and O–H groups in total. The molecule has 1 heterocycles. The first-order chi connectivity index (χ1) is 8.08. The molecule has 1 aromatic heterocycles. The van der Waals surface area contributed by atoms with Crippen LogP contribution in [-0.4, -0.2) is 4.98 Å². The minimum absolute atomic E-state index is 0. The number of benzene rings is 1. The van der Waals surface area contributed by atoms with Crippen molar-refractivity contribution < 1.29 is 49.5 Å². The predicted molar refractivity (Wildman–Crippen MR) is 72.6 cm³/mol. The van der Waals surface area contributed by atoms with Gasteiger partial charge in [-0.3, -0.25) is 0 Å². The quantitative estimate of drug-likeness (QED) is 0.389. The van der Waals surface area contributed by atoms with E-state index in [2.05, 4.69) is 59.0 Å². The van der Waals surface area contributed by atoms with Crippen molar-refractivity contribution in [3.8, 4) is 0 Å². The Kier molecular flexibility index (Phi) is 5.72. The molecule has 0 fully saturated rings. The summed E-state index contributed by atoms with van der Waals surface area (Å²) in [6, 6.07) is 8.83. The zero-order valence-corrected chi connectivity index (χ0v) is 16.0. The molecule has 0 aliphatic carbocycles. The van der Waals surface area contributed by atoms with Crippen LogP contribution < -0.4 is 28.1 Å². The van der Waals surface area contributed by atoms with Crippen LogP contribution in [0.3, 0.4) is 0 Å². The van der Waals surface area contributed by atoms with Gasteiger partial charge in [-0.2, -0.15) is 0 Å². The maximum Gasteiger partial charge on any atom is -1.00 e. The second-order valence-corrected chi connectivity index (χ2v) is 6.52. The van der Waals surface area contributed by atoms with Crippen molar-refractivity contribution in [1.82, 2.24) is 4.98 Å². The van der Waals surface area contributed by atoms with E-state index in [9.17, 15) is 0 Å². The monoisotopic (exact) mass is 432 g/mol. The van der Waals surface area contributed by atoms with Crippen LogP contribution in [-0.2, 0) is 24.7 Å². The van der Waals surface area contributed by atoms with Gasteiger partial charge in [0, 0.05) is 0 Å². The first kappa shape index (κ1) is 17.2. The number of hydrogen-bond acceptors (Lipinski definition) is 0. The smallest absolute Gasteiger partial charge is 1.00 e. The fourth-order valence-corrected chi connectivity index (χ4v) is 3.42. The van der Waals surface area contributed by atoms with Gasteiger partial charge in [-0.15, -0.1) is 0 Å². The Morgan fingerprint density at radius 3 is 2.37 bits per heavy atom. The Balaban J connectivity index is 0.000000902. The van der Waals surface area contributed by atoms with Gasteiger partial charge in [-0.25, -0.2) is 0 Å². The number of aromatic nitrogens is 1. The third kappa shape index (κ3) is 2.81. The molecule has 0 aliphatic heterocycles. The number of nitrogens with one attached hydrogen (secondary N) is 1. The molecule has 0 aliphatic rings. The van der Waals surface area contributed by atoms with Crippen molar-refractivity contribution in [2.75, 3.05) is 0 Å². The van der Waals surface area contributed by atoms with Crippen LogP contribution in [0.15, 0.2) is 28.9 Å². The zero-order chi connectivity index (χ0) is 12.2. The van der Waals surface area contributed by atoms with E-state index in [1.807, 2.05) is 0 Å². The normalized spacial score (nSPS) is 10.4. The molecule has 97 valence electrons. The Morgan fingerprint density at radius 1 is 1.00 bits per heavy atom. The minimum Gasteiger partial charge on any atom is -1.00 e. The van der Waals surface area contributed by atoms with Gasteiger partial charge < -0.3 is 24.8 Å². The van der Waals surface area contributed by atoms with Crippen molar-refractivity contribution >= 4 is 40.9 Å². The molecular formula is C14H11BrCl2NZr. The molecule has 19 heavy (non-hydrogen) atoms. The molecule has 3 rings (SSSR count). The molecular weight excluding hydrogens is 424 g/mol. The second-order valence-electron chi connectivity index (χ2n) is 4.43. The number of fused-ring (bicyclic) bond motifs is 2. The van der Waals surface area contributed by atoms with Crippen molar-refractivity contribution in [1.29, 1.82) is 0 Å². The topological polar surface area (TPSA) is 15.8 Å². The fraction of sp³-hybridized carbons (Fsp3) is 0.143. The van der Waals surface area contributed by atoms with Gasteiger partial charge in [-0.05, 0) is 0 Å². The molecule has 0 saturated heterocycles. The number of hydrogen-bond donors (Lipinski definition) is 1. The van der Waals surface area contributed by atoms with Crippen molar-refractivity contribution in [2.45, 2.75) is 13.8 Å². The van der Waals surface area contributed by atoms with Crippen LogP contribution in [0, 0.1) is 13.8 Å². The van der Waals surface area contributed by atoms with Crippen LogP contribution in [0.25, 0.3) is 21.7 Å². The van der Waals surface area contributed by atoms with Crippen LogP contribution in [0.4, 0.5) is 0 Å². The van der Waals surface area contributed by atoms with E-state index in [0.29, 0.717) is 0 Å². The summed E-state index contributed by atoms with van der Waals surface area (Å²) in [4.78, 5) is 3.39. The fourth-order valence-electron chi connectivity index (χ4n) is 2.39. The SMILES string of the molecule is Cc1cc2c(C)c3ccc(Br)[nH]c3cc2[c]1[Zr+2].[Cl-].[Cl-]. The van der Waals surface area contributed by atoms with Crippen molar-refractivity contribution in [3.63, 3.8) is 0 Å². The maximum absolute atomic E-state index is 3.49. The number of aromatic amines is 1. The van der Waals surface area contributed by atoms with Crippen molar-refractivity contribution in [2.24, 2.45) is 0 Å². The second kappa shape index (κ2) is 6.30. The number of H-pyrrole nitrogens is 1. The van der Waals surface area contributed by atoms with E-state index in [0.717, 1.165) is 4.60 Å². The Labute approximate surface area is 148 Å². The largest absolute Gasteiger partial charge is 1.00 e. The van der Waals surface area contributed by atoms with E-state index < -0.39 is 0 Å². The summed E-state index contributed by atoms with van der Waals surface area (Å²) < 4.78 is 2.50. The molecule has 3 aromatic rings. The van der Waals surface area contributed by atoms with Crippen LogP contribution >= 0.6 is 15.9 Å². The molecule has 0 amide bonds. The first-order valence-electron chi connectivity index (χ1n) is 5.50. The van der Waals surface area contributed by atoms with Gasteiger partial charge in [0.2, 0.25) is 0 Å². The average molecular weight is 435 g/mol. The van der Waals surface area contributed by atoms with Gasteiger partial charge in [0.1, 0.15) is 0 Å². The Bertz CT molecular complexity index is 752. The van der Waals surface area contributed by atoms with E-state index in [1.165, 1.54) is 60.8 Å². The summed E-state index contributed by atoms with van der Waals surface area (Å²) in [5.74, 6) is 0. The van der Waals surface area contributed by atoms with E-state index in [1.54, 1.807) is 0 Å². The summed E-state index contributed by atoms with van der Waals surface area (Å²) >= 11 is 4.99. The number of aryl methyl sites for hydroxylation is 2. The first-order valence-corrected chi connectivity index (χ1v) is 7.53. The molecule has 0 spiro atoms. The molecule has 5 heteroatoms. The molecule has 0 bridgehead atoms. The van der Waals surface area contributed by atoms with Crippen LogP contribution in [0.5, 0.6) is 0 Å². The summed E-state index contributed by atoms with van der Waals surface area (Å²) in [6.45, 7) is 4.41. The maximum atomic E-state index is 3.49. The average Bonchev–Trinajstić information content (AvgIpc) is 2.57. The predicted octanol–water partition coefficient (Wildman–Crippen LogP) is -2.12. The van der Waals surface area contributed by atoms with E-state index in [4.69, 9.17) is 0 Å². The minimum atomic E-state index is 0. The molecule has 1 nitrogen and oxygen atoms in total. The third-order valence-electron chi connectivity index (χ3n) is 3.35. The molecule has 0 unspecified atom stereocenters. The number of rotatable bonds is 0. The summed E-state index contributed by atoms with van der Waals surface area (Å²) in [5, 5.41) is 4.11. The van der Waals surface area contributed by atoms with Gasteiger partial charge in [0.15, 0.2) is 0 Å². The van der Waals surface area contributed by atoms with Crippen LogP contribution in [0.2, 0.25) is 0 Å².